The van der Waals surface area contributed by atoms with Crippen molar-refractivity contribution in [1.82, 2.24) is 20.1 Å². The summed E-state index contributed by atoms with van der Waals surface area (Å²) in [5.74, 6) is 1.73. The molecule has 4 rings (SSSR count). The van der Waals surface area contributed by atoms with Gasteiger partial charge < -0.3 is 24.4 Å². The lowest BCUT2D eigenvalue weighted by Crippen LogP contribution is -2.32. The maximum atomic E-state index is 12.6. The molecule has 0 unspecified atom stereocenters. The monoisotopic (exact) mass is 383 g/mol. The van der Waals surface area contributed by atoms with Crippen molar-refractivity contribution in [1.29, 1.82) is 0 Å². The lowest BCUT2D eigenvalue weighted by Gasteiger charge is -2.15. The molecule has 0 aliphatic heterocycles. The minimum Gasteiger partial charge on any atom is -0.459 e. The summed E-state index contributed by atoms with van der Waals surface area (Å²) in [4.78, 5) is 12.6. The van der Waals surface area contributed by atoms with Crippen molar-refractivity contribution in [2.45, 2.75) is 45.2 Å². The molecule has 0 radical (unpaired) electrons. The number of ether oxygens (including phenoxy) is 1. The van der Waals surface area contributed by atoms with E-state index < -0.39 is 0 Å². The predicted molar refractivity (Wildman–Crippen MR) is 105 cm³/mol. The molecule has 28 heavy (non-hydrogen) atoms. The van der Waals surface area contributed by atoms with Crippen LogP contribution in [0.2, 0.25) is 0 Å². The molecule has 1 aliphatic rings. The molecule has 1 aliphatic carbocycles. The van der Waals surface area contributed by atoms with Crippen LogP contribution in [0, 0.1) is 0 Å². The van der Waals surface area contributed by atoms with Crippen LogP contribution in [-0.2, 0) is 24.1 Å². The number of hydrogen-bond donors (Lipinski definition) is 2. The number of hydrogen-bond acceptors (Lipinski definition) is 5. The van der Waals surface area contributed by atoms with Crippen molar-refractivity contribution in [3.63, 3.8) is 0 Å². The molecule has 2 N–H and O–H groups in total. The molecule has 8 nitrogen and oxygen atoms in total. The van der Waals surface area contributed by atoms with E-state index in [2.05, 4.69) is 26.9 Å². The zero-order chi connectivity index (χ0) is 19.5. The summed E-state index contributed by atoms with van der Waals surface area (Å²) in [5.41, 5.74) is 2.71. The molecular weight excluding hydrogens is 358 g/mol. The molecule has 0 bridgehead atoms. The van der Waals surface area contributed by atoms with Crippen LogP contribution in [0.1, 0.15) is 43.0 Å². The van der Waals surface area contributed by atoms with Crippen molar-refractivity contribution < 1.29 is 13.9 Å². The second kappa shape index (κ2) is 8.02. The summed E-state index contributed by atoms with van der Waals surface area (Å²) in [7, 11) is 1.65. The summed E-state index contributed by atoms with van der Waals surface area (Å²) >= 11 is 0. The molecule has 1 aromatic carbocycles. The van der Waals surface area contributed by atoms with Crippen LogP contribution in [0.15, 0.2) is 28.9 Å². The number of aryl methyl sites for hydroxylation is 2. The summed E-state index contributed by atoms with van der Waals surface area (Å²) < 4.78 is 13.0. The maximum absolute atomic E-state index is 12.6. The summed E-state index contributed by atoms with van der Waals surface area (Å²) in [5, 5.41) is 15.0. The van der Waals surface area contributed by atoms with E-state index >= 15 is 0 Å². The minimum atomic E-state index is -0.310. The number of rotatable bonds is 6. The number of aromatic nitrogens is 3. The number of anilines is 1. The van der Waals surface area contributed by atoms with Crippen LogP contribution in [0.25, 0.3) is 11.0 Å². The van der Waals surface area contributed by atoms with Gasteiger partial charge in [0.15, 0.2) is 11.4 Å². The Bertz CT molecular complexity index is 978. The Kier molecular flexibility index (Phi) is 5.29. The van der Waals surface area contributed by atoms with Crippen LogP contribution in [0.4, 0.5) is 10.5 Å². The Morgan fingerprint density at radius 1 is 1.36 bits per heavy atom. The molecule has 2 amide bonds. The van der Waals surface area contributed by atoms with Gasteiger partial charge in [0, 0.05) is 31.0 Å². The molecular formula is C20H25N5O3. The number of carbonyl (C=O) groups is 1. The van der Waals surface area contributed by atoms with E-state index in [9.17, 15) is 4.79 Å². The van der Waals surface area contributed by atoms with E-state index in [4.69, 9.17) is 9.15 Å². The number of carbonyl (C=O) groups excluding carboxylic acids is 1. The Morgan fingerprint density at radius 3 is 3.07 bits per heavy atom. The number of para-hydroxylation sites is 1. The number of amides is 2. The quantitative estimate of drug-likeness (QED) is 0.680. The fourth-order valence-electron chi connectivity index (χ4n) is 3.76. The Morgan fingerprint density at radius 2 is 2.21 bits per heavy atom. The Hall–Kier alpha value is -2.87. The van der Waals surface area contributed by atoms with Gasteiger partial charge in [-0.3, -0.25) is 0 Å². The first-order valence-electron chi connectivity index (χ1n) is 9.64. The number of urea groups is 1. The first-order valence-corrected chi connectivity index (χ1v) is 9.64. The van der Waals surface area contributed by atoms with Crippen molar-refractivity contribution >= 4 is 22.7 Å². The van der Waals surface area contributed by atoms with Crippen LogP contribution < -0.4 is 10.6 Å². The van der Waals surface area contributed by atoms with Gasteiger partial charge >= 0.3 is 6.03 Å². The van der Waals surface area contributed by atoms with E-state index in [0.29, 0.717) is 24.7 Å². The molecule has 0 fully saturated rings. The first-order chi connectivity index (χ1) is 13.7. The molecule has 2 aromatic heterocycles. The van der Waals surface area contributed by atoms with Gasteiger partial charge in [-0.15, -0.1) is 10.2 Å². The average Bonchev–Trinajstić information content (AvgIpc) is 3.31. The normalized spacial score (nSPS) is 14.6. The zero-order valence-electron chi connectivity index (χ0n) is 16.2. The van der Waals surface area contributed by atoms with Crippen LogP contribution in [0.5, 0.6) is 0 Å². The molecule has 0 spiro atoms. The van der Waals surface area contributed by atoms with Crippen molar-refractivity contribution in [3.8, 4) is 0 Å². The SMILES string of the molecule is COCCn1cnnc1[C@@H](C)NC(=O)Nc1cccc2c3c(oc12)CCCC3. The van der Waals surface area contributed by atoms with Crippen LogP contribution in [0.3, 0.4) is 0 Å². The summed E-state index contributed by atoms with van der Waals surface area (Å²) in [6, 6.07) is 5.27. The van der Waals surface area contributed by atoms with E-state index in [1.165, 1.54) is 12.0 Å². The lowest BCUT2D eigenvalue weighted by molar-refractivity contribution is 0.185. The molecule has 3 aromatic rings. The fourth-order valence-corrected chi connectivity index (χ4v) is 3.76. The van der Waals surface area contributed by atoms with Gasteiger partial charge in [0.05, 0.1) is 18.3 Å². The molecule has 8 heteroatoms. The molecule has 0 saturated heterocycles. The van der Waals surface area contributed by atoms with Gasteiger partial charge in [-0.05, 0) is 32.3 Å². The number of nitrogens with one attached hydrogen (secondary N) is 2. The van der Waals surface area contributed by atoms with Gasteiger partial charge in [0.1, 0.15) is 12.1 Å². The zero-order valence-corrected chi connectivity index (χ0v) is 16.2. The van der Waals surface area contributed by atoms with Crippen molar-refractivity contribution in [2.24, 2.45) is 0 Å². The number of nitrogens with zero attached hydrogens (tertiary/aromatic N) is 3. The third-order valence-corrected chi connectivity index (χ3v) is 5.15. The van der Waals surface area contributed by atoms with Gasteiger partial charge in [0.2, 0.25) is 0 Å². The molecule has 2 heterocycles. The summed E-state index contributed by atoms with van der Waals surface area (Å²) in [6.45, 7) is 3.05. The fraction of sp³-hybridized carbons (Fsp3) is 0.450. The highest BCUT2D eigenvalue weighted by atomic mass is 16.5. The van der Waals surface area contributed by atoms with Crippen molar-refractivity contribution in [3.05, 3.63) is 41.7 Å². The van der Waals surface area contributed by atoms with Gasteiger partial charge in [-0.25, -0.2) is 4.79 Å². The second-order valence-electron chi connectivity index (χ2n) is 7.09. The Balaban J connectivity index is 1.48. The largest absolute Gasteiger partial charge is 0.459 e. The standard InChI is InChI=1S/C20H25N5O3/c1-13(19-24-21-12-25(19)10-11-27-2)22-20(26)23-16-8-5-7-15-14-6-3-4-9-17(14)28-18(15)16/h5,7-8,12-13H,3-4,6,9-11H2,1-2H3,(H2,22,23,26)/t13-/m1/s1. The van der Waals surface area contributed by atoms with E-state index in [-0.39, 0.29) is 12.1 Å². The second-order valence-corrected chi connectivity index (χ2v) is 7.09. The number of furan rings is 1. The van der Waals surface area contributed by atoms with Crippen molar-refractivity contribution in [2.75, 3.05) is 19.0 Å². The highest BCUT2D eigenvalue weighted by Crippen LogP contribution is 2.35. The Labute approximate surface area is 163 Å². The third kappa shape index (κ3) is 3.60. The molecule has 0 saturated carbocycles. The topological polar surface area (TPSA) is 94.2 Å². The van der Waals surface area contributed by atoms with Gasteiger partial charge in [0.25, 0.3) is 0 Å². The van der Waals surface area contributed by atoms with Crippen LogP contribution >= 0.6 is 0 Å². The average molecular weight is 383 g/mol. The smallest absolute Gasteiger partial charge is 0.319 e. The van der Waals surface area contributed by atoms with E-state index in [0.717, 1.165) is 36.0 Å². The number of fused-ring (bicyclic) bond motifs is 3. The number of benzene rings is 1. The highest BCUT2D eigenvalue weighted by Gasteiger charge is 2.21. The lowest BCUT2D eigenvalue weighted by atomic mass is 9.96. The van der Waals surface area contributed by atoms with Gasteiger partial charge in [-0.2, -0.15) is 0 Å². The highest BCUT2D eigenvalue weighted by molar-refractivity contribution is 6.00. The molecule has 148 valence electrons. The number of methoxy groups -OCH3 is 1. The summed E-state index contributed by atoms with van der Waals surface area (Å²) in [6.07, 6.45) is 5.97. The third-order valence-electron chi connectivity index (χ3n) is 5.15. The molecule has 1 atom stereocenters. The maximum Gasteiger partial charge on any atom is 0.319 e. The van der Waals surface area contributed by atoms with Crippen LogP contribution in [-0.4, -0.2) is 34.5 Å². The predicted octanol–water partition coefficient (Wildman–Crippen LogP) is 3.43. The van der Waals surface area contributed by atoms with Gasteiger partial charge in [-0.1, -0.05) is 12.1 Å². The van der Waals surface area contributed by atoms with E-state index in [1.54, 1.807) is 13.4 Å². The first kappa shape index (κ1) is 18.5. The van der Waals surface area contributed by atoms with E-state index in [1.807, 2.05) is 23.6 Å². The minimum absolute atomic E-state index is 0.302.